The van der Waals surface area contributed by atoms with E-state index in [-0.39, 0.29) is 62.1 Å². The molecule has 0 fully saturated rings. The van der Waals surface area contributed by atoms with Gasteiger partial charge < -0.3 is 19.6 Å². The topological polar surface area (TPSA) is 112 Å². The summed E-state index contributed by atoms with van der Waals surface area (Å²) in [6, 6.07) is 0.476. The highest BCUT2D eigenvalue weighted by Gasteiger charge is 2.44. The number of carbonyl (C=O) groups excluding carboxylic acids is 1. The third-order valence-corrected chi connectivity index (χ3v) is 8.08. The summed E-state index contributed by atoms with van der Waals surface area (Å²) in [5, 5.41) is 8.84. The summed E-state index contributed by atoms with van der Waals surface area (Å²) in [5.74, 6) is -1.30. The van der Waals surface area contributed by atoms with E-state index in [1.165, 1.54) is 12.4 Å². The van der Waals surface area contributed by atoms with Gasteiger partial charge in [-0.2, -0.15) is 39.5 Å². The number of alkyl halides is 9. The van der Waals surface area contributed by atoms with Gasteiger partial charge in [-0.05, 0) is 61.6 Å². The van der Waals surface area contributed by atoms with Crippen LogP contribution in [0.15, 0.2) is 42.7 Å². The van der Waals surface area contributed by atoms with Crippen LogP contribution < -0.4 is 14.7 Å². The molecule has 19 heteroatoms. The zero-order valence-electron chi connectivity index (χ0n) is 27.4. The Labute approximate surface area is 285 Å². The molecule has 0 spiro atoms. The van der Waals surface area contributed by atoms with Crippen LogP contribution in [0.1, 0.15) is 73.1 Å². The lowest BCUT2D eigenvalue weighted by molar-refractivity contribution is -0.143. The number of carboxylic acid groups (broad SMARTS) is 1. The Morgan fingerprint density at radius 3 is 2.04 bits per heavy atom. The number of rotatable bonds is 11. The Kier molecular flexibility index (Phi) is 11.6. The van der Waals surface area contributed by atoms with E-state index in [1.54, 1.807) is 25.9 Å². The predicted octanol–water partition coefficient (Wildman–Crippen LogP) is 8.12. The average molecular weight is 737 g/mol. The summed E-state index contributed by atoms with van der Waals surface area (Å²) >= 11 is 0. The summed E-state index contributed by atoms with van der Waals surface area (Å²) in [6.07, 6.45) is -13.5. The minimum atomic E-state index is -5.17. The Hall–Kier alpha value is -4.84. The summed E-state index contributed by atoms with van der Waals surface area (Å²) in [7, 11) is 3.31. The van der Waals surface area contributed by atoms with Crippen molar-refractivity contribution < 1.29 is 58.9 Å². The molecule has 1 amide bonds. The van der Waals surface area contributed by atoms with Crippen LogP contribution in [0.3, 0.4) is 0 Å². The monoisotopic (exact) mass is 736 g/mol. The van der Waals surface area contributed by atoms with Crippen LogP contribution in [0.2, 0.25) is 0 Å². The summed E-state index contributed by atoms with van der Waals surface area (Å²) in [6.45, 7) is 0.717. The molecule has 278 valence electrons. The number of nitrogens with zero attached hydrogens (tertiary/aromatic N) is 6. The maximum absolute atomic E-state index is 14.0. The minimum Gasteiger partial charge on any atom is -0.481 e. The molecule has 4 rings (SSSR count). The highest BCUT2D eigenvalue weighted by molar-refractivity contribution is 5.90. The van der Waals surface area contributed by atoms with E-state index in [1.807, 2.05) is 0 Å². The van der Waals surface area contributed by atoms with Crippen molar-refractivity contribution in [1.82, 2.24) is 15.0 Å². The van der Waals surface area contributed by atoms with Gasteiger partial charge in [-0.15, -0.1) is 0 Å². The van der Waals surface area contributed by atoms with Crippen LogP contribution in [0.4, 0.5) is 61.6 Å². The number of unbranched alkanes of at least 4 members (excludes halogenated alkanes) is 1. The Morgan fingerprint density at radius 2 is 1.53 bits per heavy atom. The first-order chi connectivity index (χ1) is 23.7. The fourth-order valence-corrected chi connectivity index (χ4v) is 5.55. The van der Waals surface area contributed by atoms with Crippen LogP contribution in [0, 0.1) is 0 Å². The number of carbonyl (C=O) groups is 2. The molecule has 1 aliphatic rings. The van der Waals surface area contributed by atoms with E-state index in [9.17, 15) is 49.1 Å². The summed E-state index contributed by atoms with van der Waals surface area (Å²) in [5.41, 5.74) is -5.12. The van der Waals surface area contributed by atoms with Crippen molar-refractivity contribution >= 4 is 29.4 Å². The highest BCUT2D eigenvalue weighted by atomic mass is 19.4. The average Bonchev–Trinajstić information content (AvgIpc) is 3.04. The molecule has 1 aliphatic heterocycles. The van der Waals surface area contributed by atoms with Gasteiger partial charge in [0.1, 0.15) is 5.69 Å². The van der Waals surface area contributed by atoms with Crippen LogP contribution in [-0.4, -0.2) is 58.9 Å². The molecule has 0 bridgehead atoms. The zero-order chi connectivity index (χ0) is 37.9. The standard InChI is InChI=1S/C32H33F9N6O4/c1-4-21-14-24(27-23(8-9-25(44-27)32(39,40)41)47(21)29(50)51-10-6-5-7-26(48)49)46(28-42-15-22(16-43-28)45(2)3)17-18-11-19(30(33,34)35)13-20(12-18)31(36,37)38/h8-9,11-13,15-16,21,24H,4-7,10,14,17H2,1-3H3,(H,48,49)/t21-,24-/m1/s1. The number of hydrogen-bond donors (Lipinski definition) is 1. The fraction of sp³-hybridized carbons (Fsp3) is 0.469. The third-order valence-electron chi connectivity index (χ3n) is 8.08. The number of aromatic nitrogens is 3. The van der Waals surface area contributed by atoms with Crippen molar-refractivity contribution in [3.05, 3.63) is 70.8 Å². The Bertz CT molecular complexity index is 1670. The number of halogens is 9. The van der Waals surface area contributed by atoms with E-state index in [2.05, 4.69) is 15.0 Å². The molecule has 2 atom stereocenters. The number of hydrogen-bond acceptors (Lipinski definition) is 8. The smallest absolute Gasteiger partial charge is 0.433 e. The SMILES string of the molecule is CC[C@@H]1C[C@@H](N(Cc2cc(C(F)(F)F)cc(C(F)(F)F)c2)c2ncc(N(C)C)cn2)c2nc(C(F)(F)F)ccc2N1C(=O)OCCCCC(=O)O. The lowest BCUT2D eigenvalue weighted by atomic mass is 9.91. The highest BCUT2D eigenvalue weighted by Crippen LogP contribution is 2.45. The van der Waals surface area contributed by atoms with Crippen molar-refractivity contribution in [3.8, 4) is 0 Å². The number of fused-ring (bicyclic) bond motifs is 1. The molecule has 2 aromatic heterocycles. The third kappa shape index (κ3) is 9.49. The molecular formula is C32H33F9N6O4. The van der Waals surface area contributed by atoms with Crippen LogP contribution in [-0.2, 0) is 34.6 Å². The molecule has 10 nitrogen and oxygen atoms in total. The van der Waals surface area contributed by atoms with E-state index < -0.39 is 71.6 Å². The normalized spacial score (nSPS) is 16.4. The lowest BCUT2D eigenvalue weighted by Gasteiger charge is -2.43. The first-order valence-corrected chi connectivity index (χ1v) is 15.5. The van der Waals surface area contributed by atoms with Gasteiger partial charge >= 0.3 is 30.6 Å². The van der Waals surface area contributed by atoms with E-state index in [0.29, 0.717) is 23.9 Å². The number of benzene rings is 1. The Balaban J connectivity index is 1.88. The van der Waals surface area contributed by atoms with Crippen molar-refractivity contribution in [1.29, 1.82) is 0 Å². The summed E-state index contributed by atoms with van der Waals surface area (Å²) < 4.78 is 130. The Morgan fingerprint density at radius 1 is 0.922 bits per heavy atom. The van der Waals surface area contributed by atoms with E-state index in [4.69, 9.17) is 9.84 Å². The molecule has 0 unspecified atom stereocenters. The summed E-state index contributed by atoms with van der Waals surface area (Å²) in [4.78, 5) is 40.4. The number of ether oxygens (including phenoxy) is 1. The van der Waals surface area contributed by atoms with Crippen LogP contribution >= 0.6 is 0 Å². The molecular weight excluding hydrogens is 703 g/mol. The van der Waals surface area contributed by atoms with Crippen LogP contribution in [0.25, 0.3) is 0 Å². The van der Waals surface area contributed by atoms with Gasteiger partial charge in [0.05, 0.1) is 53.2 Å². The number of aliphatic carboxylic acids is 1. The van der Waals surface area contributed by atoms with E-state index >= 15 is 0 Å². The molecule has 51 heavy (non-hydrogen) atoms. The van der Waals surface area contributed by atoms with Crippen LogP contribution in [0.5, 0.6) is 0 Å². The quantitative estimate of drug-likeness (QED) is 0.154. The first-order valence-electron chi connectivity index (χ1n) is 15.5. The van der Waals surface area contributed by atoms with Gasteiger partial charge in [0.15, 0.2) is 0 Å². The number of amides is 1. The van der Waals surface area contributed by atoms with E-state index in [0.717, 1.165) is 15.9 Å². The van der Waals surface area contributed by atoms with Gasteiger partial charge in [-0.1, -0.05) is 6.92 Å². The maximum Gasteiger partial charge on any atom is 0.433 e. The van der Waals surface area contributed by atoms with Crippen molar-refractivity contribution in [2.24, 2.45) is 0 Å². The van der Waals surface area contributed by atoms with Gasteiger partial charge in [0, 0.05) is 33.1 Å². The maximum atomic E-state index is 14.0. The second-order valence-electron chi connectivity index (χ2n) is 11.9. The molecule has 0 saturated carbocycles. The lowest BCUT2D eigenvalue weighted by Crippen LogP contribution is -2.48. The molecule has 3 aromatic rings. The largest absolute Gasteiger partial charge is 0.481 e. The second-order valence-corrected chi connectivity index (χ2v) is 11.9. The molecule has 3 heterocycles. The molecule has 1 aromatic carbocycles. The number of carboxylic acids is 1. The molecule has 0 aliphatic carbocycles. The van der Waals surface area contributed by atoms with Gasteiger partial charge in [0.2, 0.25) is 5.95 Å². The first kappa shape index (κ1) is 39.0. The predicted molar refractivity (Wildman–Crippen MR) is 165 cm³/mol. The van der Waals surface area contributed by atoms with Gasteiger partial charge in [-0.3, -0.25) is 9.69 Å². The van der Waals surface area contributed by atoms with Crippen molar-refractivity contribution in [2.45, 2.75) is 76.2 Å². The number of anilines is 3. The molecule has 0 saturated heterocycles. The van der Waals surface area contributed by atoms with Crippen molar-refractivity contribution in [3.63, 3.8) is 0 Å². The minimum absolute atomic E-state index is 0.0401. The molecule has 0 radical (unpaired) electrons. The second kappa shape index (κ2) is 15.2. The molecule has 1 N–H and O–H groups in total. The van der Waals surface area contributed by atoms with Gasteiger partial charge in [-0.25, -0.2) is 19.7 Å². The van der Waals surface area contributed by atoms with Gasteiger partial charge in [0.25, 0.3) is 0 Å². The number of pyridine rings is 1. The zero-order valence-corrected chi connectivity index (χ0v) is 27.4. The fourth-order valence-electron chi connectivity index (χ4n) is 5.55. The van der Waals surface area contributed by atoms with Crippen molar-refractivity contribution in [2.75, 3.05) is 35.4 Å².